The predicted molar refractivity (Wildman–Crippen MR) is 76.0 cm³/mol. The van der Waals surface area contributed by atoms with Crippen LogP contribution in [-0.2, 0) is 0 Å². The van der Waals surface area contributed by atoms with Gasteiger partial charge in [0.05, 0.1) is 10.5 Å². The van der Waals surface area contributed by atoms with E-state index in [-0.39, 0.29) is 17.0 Å². The minimum absolute atomic E-state index is 0.116. The lowest BCUT2D eigenvalue weighted by atomic mass is 10.1. The zero-order valence-corrected chi connectivity index (χ0v) is 11.5. The monoisotopic (exact) mass is 287 g/mol. The smallest absolute Gasteiger partial charge is 0.335 e. The Bertz CT molecular complexity index is 707. The van der Waals surface area contributed by atoms with Crippen LogP contribution in [-0.4, -0.2) is 16.0 Å². The zero-order chi connectivity index (χ0) is 15.6. The first kappa shape index (κ1) is 14.5. The summed E-state index contributed by atoms with van der Waals surface area (Å²) in [6.07, 6.45) is 0. The van der Waals surface area contributed by atoms with E-state index in [1.165, 1.54) is 30.3 Å². The molecule has 6 nitrogen and oxygen atoms in total. The molecule has 0 saturated carbocycles. The maximum absolute atomic E-state index is 11.1. The second kappa shape index (κ2) is 5.62. The predicted octanol–water partition coefficient (Wildman–Crippen LogP) is 3.70. The topological polar surface area (TPSA) is 89.7 Å². The molecule has 0 aliphatic heterocycles. The van der Waals surface area contributed by atoms with E-state index in [0.29, 0.717) is 11.3 Å². The van der Waals surface area contributed by atoms with Crippen molar-refractivity contribution in [1.29, 1.82) is 0 Å². The van der Waals surface area contributed by atoms with Gasteiger partial charge in [-0.05, 0) is 49.2 Å². The number of ether oxygens (including phenoxy) is 1. The van der Waals surface area contributed by atoms with Gasteiger partial charge < -0.3 is 9.84 Å². The quantitative estimate of drug-likeness (QED) is 0.684. The average Bonchev–Trinajstić information content (AvgIpc) is 2.41. The molecule has 2 rings (SSSR count). The van der Waals surface area contributed by atoms with Crippen LogP contribution in [0.15, 0.2) is 36.4 Å². The van der Waals surface area contributed by atoms with Crippen LogP contribution in [0.5, 0.6) is 11.5 Å². The van der Waals surface area contributed by atoms with Crippen LogP contribution in [0.4, 0.5) is 5.69 Å². The van der Waals surface area contributed by atoms with Gasteiger partial charge in [0, 0.05) is 6.07 Å². The molecule has 0 fully saturated rings. The number of aromatic carboxylic acids is 1. The van der Waals surface area contributed by atoms with E-state index in [0.717, 1.165) is 5.56 Å². The molecular formula is C15H13NO5. The van der Waals surface area contributed by atoms with E-state index < -0.39 is 10.9 Å². The normalized spacial score (nSPS) is 10.2. The zero-order valence-electron chi connectivity index (χ0n) is 11.5. The molecule has 108 valence electrons. The Balaban J connectivity index is 2.39. The summed E-state index contributed by atoms with van der Waals surface area (Å²) in [6, 6.07) is 8.92. The van der Waals surface area contributed by atoms with Gasteiger partial charge in [0.25, 0.3) is 0 Å². The molecule has 0 aromatic heterocycles. The third kappa shape index (κ3) is 3.17. The molecule has 0 radical (unpaired) electrons. The molecule has 0 heterocycles. The van der Waals surface area contributed by atoms with Gasteiger partial charge in [-0.15, -0.1) is 0 Å². The van der Waals surface area contributed by atoms with Crippen molar-refractivity contribution >= 4 is 11.7 Å². The molecule has 2 aromatic carbocycles. The molecule has 6 heteroatoms. The molecule has 21 heavy (non-hydrogen) atoms. The molecule has 0 amide bonds. The number of nitrogens with zero attached hydrogens (tertiary/aromatic N) is 1. The third-order valence-corrected chi connectivity index (χ3v) is 2.92. The van der Waals surface area contributed by atoms with Crippen LogP contribution in [0.25, 0.3) is 0 Å². The van der Waals surface area contributed by atoms with Crippen LogP contribution in [0.1, 0.15) is 21.5 Å². The first-order valence-corrected chi connectivity index (χ1v) is 6.15. The van der Waals surface area contributed by atoms with E-state index in [1.54, 1.807) is 19.9 Å². The van der Waals surface area contributed by atoms with E-state index in [9.17, 15) is 14.9 Å². The van der Waals surface area contributed by atoms with Gasteiger partial charge in [0.1, 0.15) is 5.75 Å². The Morgan fingerprint density at radius 2 is 1.81 bits per heavy atom. The van der Waals surface area contributed by atoms with Crippen molar-refractivity contribution in [3.63, 3.8) is 0 Å². The van der Waals surface area contributed by atoms with Gasteiger partial charge in [-0.2, -0.15) is 0 Å². The molecule has 0 bridgehead atoms. The lowest BCUT2D eigenvalue weighted by Crippen LogP contribution is -1.98. The Morgan fingerprint density at radius 3 is 2.33 bits per heavy atom. The fourth-order valence-corrected chi connectivity index (χ4v) is 1.98. The molecule has 0 aliphatic rings. The Labute approximate surface area is 120 Å². The highest BCUT2D eigenvalue weighted by Gasteiger charge is 2.19. The molecule has 0 saturated heterocycles. The van der Waals surface area contributed by atoms with Crippen molar-refractivity contribution in [3.8, 4) is 11.5 Å². The van der Waals surface area contributed by atoms with Gasteiger partial charge in [-0.25, -0.2) is 4.79 Å². The number of carbonyl (C=O) groups is 1. The molecule has 1 N–H and O–H groups in total. The summed E-state index contributed by atoms with van der Waals surface area (Å²) >= 11 is 0. The van der Waals surface area contributed by atoms with Crippen molar-refractivity contribution < 1.29 is 19.6 Å². The highest BCUT2D eigenvalue weighted by atomic mass is 16.6. The summed E-state index contributed by atoms with van der Waals surface area (Å²) in [5, 5.41) is 19.9. The second-order valence-electron chi connectivity index (χ2n) is 4.62. The van der Waals surface area contributed by atoms with Crippen LogP contribution in [0, 0.1) is 24.0 Å². The summed E-state index contributed by atoms with van der Waals surface area (Å²) in [5.74, 6) is -0.539. The number of rotatable bonds is 4. The number of hydrogen-bond acceptors (Lipinski definition) is 4. The number of hydrogen-bond donors (Lipinski definition) is 1. The van der Waals surface area contributed by atoms with Crippen LogP contribution in [0.3, 0.4) is 0 Å². The van der Waals surface area contributed by atoms with Gasteiger partial charge >= 0.3 is 11.7 Å². The molecule has 0 unspecified atom stereocenters. The highest BCUT2D eigenvalue weighted by Crippen LogP contribution is 2.35. The maximum Gasteiger partial charge on any atom is 0.335 e. The van der Waals surface area contributed by atoms with Gasteiger partial charge in [-0.1, -0.05) is 6.07 Å². The fourth-order valence-electron chi connectivity index (χ4n) is 1.98. The van der Waals surface area contributed by atoms with Crippen LogP contribution < -0.4 is 4.74 Å². The molecular weight excluding hydrogens is 274 g/mol. The standard InChI is InChI=1S/C15H13NO5/c1-9-7-10(2)14(13(8-9)16(19)20)21-12-5-3-11(4-6-12)15(17)18/h3-8H,1-2H3,(H,17,18). The van der Waals surface area contributed by atoms with Gasteiger partial charge in [-0.3, -0.25) is 10.1 Å². The number of aryl methyl sites for hydroxylation is 2. The van der Waals surface area contributed by atoms with Crippen molar-refractivity contribution in [3.05, 3.63) is 63.2 Å². The molecule has 0 spiro atoms. The van der Waals surface area contributed by atoms with E-state index in [1.807, 2.05) is 0 Å². The SMILES string of the molecule is Cc1cc(C)c(Oc2ccc(C(=O)O)cc2)c([N+](=O)[O-])c1. The van der Waals surface area contributed by atoms with Gasteiger partial charge in [0.15, 0.2) is 0 Å². The lowest BCUT2D eigenvalue weighted by molar-refractivity contribution is -0.385. The van der Waals surface area contributed by atoms with E-state index >= 15 is 0 Å². The van der Waals surface area contributed by atoms with Crippen LogP contribution in [0.2, 0.25) is 0 Å². The minimum Gasteiger partial charge on any atom is -0.478 e. The first-order chi connectivity index (χ1) is 9.88. The molecule has 0 aliphatic carbocycles. The maximum atomic E-state index is 11.1. The summed E-state index contributed by atoms with van der Waals surface area (Å²) < 4.78 is 5.56. The molecule has 2 aromatic rings. The second-order valence-corrected chi connectivity index (χ2v) is 4.62. The van der Waals surface area contributed by atoms with Crippen molar-refractivity contribution in [1.82, 2.24) is 0 Å². The number of carboxylic acid groups (broad SMARTS) is 1. The van der Waals surface area contributed by atoms with Gasteiger partial charge in [0.2, 0.25) is 5.75 Å². The Kier molecular flexibility index (Phi) is 3.89. The van der Waals surface area contributed by atoms with E-state index in [2.05, 4.69) is 0 Å². The largest absolute Gasteiger partial charge is 0.478 e. The summed E-state index contributed by atoms with van der Waals surface area (Å²) in [6.45, 7) is 3.49. The lowest BCUT2D eigenvalue weighted by Gasteiger charge is -2.10. The highest BCUT2D eigenvalue weighted by molar-refractivity contribution is 5.87. The summed E-state index contributed by atoms with van der Waals surface area (Å²) in [4.78, 5) is 21.4. The van der Waals surface area contributed by atoms with Crippen molar-refractivity contribution in [2.24, 2.45) is 0 Å². The van der Waals surface area contributed by atoms with Crippen LogP contribution >= 0.6 is 0 Å². The van der Waals surface area contributed by atoms with Crippen molar-refractivity contribution in [2.75, 3.05) is 0 Å². The average molecular weight is 287 g/mol. The first-order valence-electron chi connectivity index (χ1n) is 6.15. The number of nitro benzene ring substituents is 1. The Hall–Kier alpha value is -2.89. The number of carboxylic acids is 1. The molecule has 0 atom stereocenters. The summed E-state index contributed by atoms with van der Waals surface area (Å²) in [5.41, 5.74) is 1.42. The third-order valence-electron chi connectivity index (χ3n) is 2.92. The van der Waals surface area contributed by atoms with E-state index in [4.69, 9.17) is 9.84 Å². The van der Waals surface area contributed by atoms with Crippen molar-refractivity contribution in [2.45, 2.75) is 13.8 Å². The number of benzene rings is 2. The Morgan fingerprint density at radius 1 is 1.19 bits per heavy atom. The number of nitro groups is 1. The fraction of sp³-hybridized carbons (Fsp3) is 0.133. The minimum atomic E-state index is -1.04. The summed E-state index contributed by atoms with van der Waals surface area (Å²) in [7, 11) is 0.